The molecule has 0 fully saturated rings. The molecule has 2 rings (SSSR count). The topological polar surface area (TPSA) is 23.5 Å². The molecular formula is C18H23NO. The molecule has 1 N–H and O–H groups in total. The third kappa shape index (κ3) is 4.39. The maximum atomic E-state index is 9.26. The Hall–Kier alpha value is -1.80. The van der Waals surface area contributed by atoms with E-state index in [0.29, 0.717) is 12.5 Å². The molecule has 0 spiro atoms. The van der Waals surface area contributed by atoms with Crippen molar-refractivity contribution in [1.29, 1.82) is 0 Å². The predicted molar refractivity (Wildman–Crippen MR) is 85.1 cm³/mol. The largest absolute Gasteiger partial charge is 0.395 e. The molecule has 20 heavy (non-hydrogen) atoms. The summed E-state index contributed by atoms with van der Waals surface area (Å²) in [6.45, 7) is 4.09. The third-order valence-corrected chi connectivity index (χ3v) is 3.45. The van der Waals surface area contributed by atoms with Gasteiger partial charge in [-0.3, -0.25) is 0 Å². The van der Waals surface area contributed by atoms with Gasteiger partial charge in [-0.15, -0.1) is 0 Å². The predicted octanol–water partition coefficient (Wildman–Crippen LogP) is 3.36. The minimum absolute atomic E-state index is 0.187. The van der Waals surface area contributed by atoms with E-state index in [1.165, 1.54) is 11.3 Å². The smallest absolute Gasteiger partial charge is 0.0606 e. The van der Waals surface area contributed by atoms with Crippen molar-refractivity contribution in [3.63, 3.8) is 0 Å². The minimum Gasteiger partial charge on any atom is -0.395 e. The van der Waals surface area contributed by atoms with Gasteiger partial charge >= 0.3 is 0 Å². The molecule has 2 heteroatoms. The van der Waals surface area contributed by atoms with Crippen LogP contribution in [0.4, 0.5) is 5.69 Å². The van der Waals surface area contributed by atoms with Crippen molar-refractivity contribution >= 4 is 5.69 Å². The summed E-state index contributed by atoms with van der Waals surface area (Å²) in [5.74, 6) is 0.546. The number of hydrogen-bond acceptors (Lipinski definition) is 2. The summed E-state index contributed by atoms with van der Waals surface area (Å²) in [6.07, 6.45) is 1.07. The van der Waals surface area contributed by atoms with Gasteiger partial charge in [0, 0.05) is 18.8 Å². The average molecular weight is 269 g/mol. The highest BCUT2D eigenvalue weighted by Gasteiger charge is 2.11. The first-order valence-corrected chi connectivity index (χ1v) is 7.24. The van der Waals surface area contributed by atoms with E-state index < -0.39 is 0 Å². The molecule has 0 heterocycles. The number of anilines is 1. The first-order chi connectivity index (χ1) is 9.79. The van der Waals surface area contributed by atoms with E-state index in [2.05, 4.69) is 54.3 Å². The fraction of sp³-hybridized carbons (Fsp3) is 0.333. The van der Waals surface area contributed by atoms with Gasteiger partial charge in [0.05, 0.1) is 6.61 Å². The molecule has 0 aliphatic rings. The van der Waals surface area contributed by atoms with Gasteiger partial charge in [-0.2, -0.15) is 0 Å². The van der Waals surface area contributed by atoms with Gasteiger partial charge in [-0.05, 0) is 30.0 Å². The Kier molecular flexibility index (Phi) is 5.63. The van der Waals surface area contributed by atoms with E-state index in [1.807, 2.05) is 18.2 Å². The molecule has 2 aromatic carbocycles. The highest BCUT2D eigenvalue weighted by molar-refractivity contribution is 5.46. The number of aliphatic hydroxyl groups is 1. The minimum atomic E-state index is 0.187. The van der Waals surface area contributed by atoms with Crippen LogP contribution < -0.4 is 4.90 Å². The van der Waals surface area contributed by atoms with Crippen molar-refractivity contribution in [2.75, 3.05) is 24.6 Å². The Balaban J connectivity index is 1.97. The van der Waals surface area contributed by atoms with Gasteiger partial charge in [0.1, 0.15) is 0 Å². The zero-order chi connectivity index (χ0) is 14.2. The van der Waals surface area contributed by atoms with E-state index in [-0.39, 0.29) is 6.61 Å². The van der Waals surface area contributed by atoms with Crippen LogP contribution in [0.15, 0.2) is 60.7 Å². The van der Waals surface area contributed by atoms with Crippen LogP contribution in [0.2, 0.25) is 0 Å². The quantitative estimate of drug-likeness (QED) is 0.833. The second-order valence-corrected chi connectivity index (χ2v) is 5.30. The lowest BCUT2D eigenvalue weighted by atomic mass is 10.0. The van der Waals surface area contributed by atoms with Gasteiger partial charge in [0.25, 0.3) is 0 Å². The van der Waals surface area contributed by atoms with Crippen LogP contribution in [-0.4, -0.2) is 24.8 Å². The molecule has 106 valence electrons. The number of rotatable bonds is 7. The summed E-state index contributed by atoms with van der Waals surface area (Å²) < 4.78 is 0. The molecule has 0 aromatic heterocycles. The van der Waals surface area contributed by atoms with E-state index in [0.717, 1.165) is 13.0 Å². The van der Waals surface area contributed by atoms with E-state index in [1.54, 1.807) is 0 Å². The standard InChI is InChI=1S/C18H23NO/c1-16(14-17-8-4-2-5-9-17)15-19(12-13-20)18-10-6-3-7-11-18/h2-11,16,20H,12-15H2,1H3/t16-/m1/s1. The lowest BCUT2D eigenvalue weighted by Crippen LogP contribution is -2.31. The SMILES string of the molecule is C[C@H](Cc1ccccc1)CN(CCO)c1ccccc1. The Bertz CT molecular complexity index is 483. The van der Waals surface area contributed by atoms with Crippen LogP contribution in [0.3, 0.4) is 0 Å². The van der Waals surface area contributed by atoms with Crippen molar-refractivity contribution < 1.29 is 5.11 Å². The van der Waals surface area contributed by atoms with Crippen LogP contribution in [0, 0.1) is 5.92 Å². The number of hydrogen-bond donors (Lipinski definition) is 1. The monoisotopic (exact) mass is 269 g/mol. The number of aliphatic hydroxyl groups excluding tert-OH is 1. The van der Waals surface area contributed by atoms with E-state index in [9.17, 15) is 5.11 Å². The van der Waals surface area contributed by atoms with Gasteiger partial charge in [-0.1, -0.05) is 55.5 Å². The molecule has 0 radical (unpaired) electrons. The molecule has 0 saturated carbocycles. The Morgan fingerprint density at radius 3 is 2.15 bits per heavy atom. The summed E-state index contributed by atoms with van der Waals surface area (Å²) in [7, 11) is 0. The average Bonchev–Trinajstić information content (AvgIpc) is 2.49. The first kappa shape index (κ1) is 14.6. The molecule has 0 saturated heterocycles. The normalized spacial score (nSPS) is 12.1. The lowest BCUT2D eigenvalue weighted by molar-refractivity contribution is 0.299. The van der Waals surface area contributed by atoms with Gasteiger partial charge < -0.3 is 10.0 Å². The lowest BCUT2D eigenvalue weighted by Gasteiger charge is -2.27. The first-order valence-electron chi connectivity index (χ1n) is 7.24. The van der Waals surface area contributed by atoms with Crippen molar-refractivity contribution in [1.82, 2.24) is 0 Å². The number of benzene rings is 2. The Morgan fingerprint density at radius 1 is 0.950 bits per heavy atom. The van der Waals surface area contributed by atoms with Gasteiger partial charge in [0.15, 0.2) is 0 Å². The molecule has 0 bridgehead atoms. The summed E-state index contributed by atoms with van der Waals surface area (Å²) in [5, 5.41) is 9.26. The van der Waals surface area contributed by atoms with Crippen molar-refractivity contribution in [3.05, 3.63) is 66.2 Å². The second-order valence-electron chi connectivity index (χ2n) is 5.30. The second kappa shape index (κ2) is 7.71. The van der Waals surface area contributed by atoms with Crippen LogP contribution in [0.1, 0.15) is 12.5 Å². The molecule has 0 aliphatic carbocycles. The summed E-state index contributed by atoms with van der Waals surface area (Å²) in [5.41, 5.74) is 2.55. The van der Waals surface area contributed by atoms with Crippen LogP contribution in [-0.2, 0) is 6.42 Å². The molecule has 2 nitrogen and oxygen atoms in total. The highest BCUT2D eigenvalue weighted by Crippen LogP contribution is 2.17. The highest BCUT2D eigenvalue weighted by atomic mass is 16.3. The van der Waals surface area contributed by atoms with Gasteiger partial charge in [0.2, 0.25) is 0 Å². The molecule has 0 amide bonds. The molecule has 0 unspecified atom stereocenters. The Morgan fingerprint density at radius 2 is 1.55 bits per heavy atom. The zero-order valence-electron chi connectivity index (χ0n) is 12.1. The maximum absolute atomic E-state index is 9.26. The van der Waals surface area contributed by atoms with E-state index >= 15 is 0 Å². The van der Waals surface area contributed by atoms with Gasteiger partial charge in [-0.25, -0.2) is 0 Å². The van der Waals surface area contributed by atoms with Crippen molar-refractivity contribution in [3.8, 4) is 0 Å². The van der Waals surface area contributed by atoms with Crippen molar-refractivity contribution in [2.45, 2.75) is 13.3 Å². The third-order valence-electron chi connectivity index (χ3n) is 3.45. The van der Waals surface area contributed by atoms with E-state index in [4.69, 9.17) is 0 Å². The van der Waals surface area contributed by atoms with Crippen LogP contribution in [0.25, 0.3) is 0 Å². The molecule has 2 aromatic rings. The molecule has 1 atom stereocenters. The Labute approximate surface area is 121 Å². The summed E-state index contributed by atoms with van der Waals surface area (Å²) in [4.78, 5) is 2.26. The fourth-order valence-electron chi connectivity index (χ4n) is 2.54. The molecular weight excluding hydrogens is 246 g/mol. The maximum Gasteiger partial charge on any atom is 0.0606 e. The summed E-state index contributed by atoms with van der Waals surface area (Å²) >= 11 is 0. The van der Waals surface area contributed by atoms with Crippen molar-refractivity contribution in [2.24, 2.45) is 5.92 Å². The number of nitrogens with zero attached hydrogens (tertiary/aromatic N) is 1. The fourth-order valence-corrected chi connectivity index (χ4v) is 2.54. The number of para-hydroxylation sites is 1. The zero-order valence-corrected chi connectivity index (χ0v) is 12.1. The van der Waals surface area contributed by atoms with Crippen LogP contribution >= 0.6 is 0 Å². The summed E-state index contributed by atoms with van der Waals surface area (Å²) in [6, 6.07) is 20.9. The van der Waals surface area contributed by atoms with Crippen LogP contribution in [0.5, 0.6) is 0 Å². The molecule has 0 aliphatic heterocycles.